The van der Waals surface area contributed by atoms with Crippen molar-refractivity contribution in [2.24, 2.45) is 4.40 Å². The normalized spacial score (nSPS) is 15.6. The molecule has 0 spiro atoms. The van der Waals surface area contributed by atoms with Crippen molar-refractivity contribution in [3.05, 3.63) is 53.1 Å². The molecule has 20 heavy (non-hydrogen) atoms. The van der Waals surface area contributed by atoms with Gasteiger partial charge in [0.15, 0.2) is 5.75 Å². The molecule has 2 aromatic rings. The molecule has 1 heterocycles. The molecular weight excluding hydrogens is 300 g/mol. The van der Waals surface area contributed by atoms with Crippen LogP contribution in [0.15, 0.2) is 51.8 Å². The monoisotopic (exact) mass is 308 g/mol. The summed E-state index contributed by atoms with van der Waals surface area (Å²) < 4.78 is 32.9. The van der Waals surface area contributed by atoms with Crippen molar-refractivity contribution >= 4 is 33.2 Å². The molecule has 0 bridgehead atoms. The van der Waals surface area contributed by atoms with Crippen LogP contribution in [0.1, 0.15) is 5.56 Å². The Bertz CT molecular complexity index is 831. The van der Waals surface area contributed by atoms with Gasteiger partial charge in [0.2, 0.25) is 5.90 Å². The molecule has 3 rings (SSSR count). The maximum atomic E-state index is 11.9. The average molecular weight is 309 g/mol. The smallest absolute Gasteiger partial charge is 0.286 e. The van der Waals surface area contributed by atoms with Gasteiger partial charge in [-0.3, -0.25) is 0 Å². The number of nitrogen functional groups attached to an aromatic ring is 1. The highest BCUT2D eigenvalue weighted by Crippen LogP contribution is 2.30. The van der Waals surface area contributed by atoms with Crippen LogP contribution in [0.25, 0.3) is 0 Å². The van der Waals surface area contributed by atoms with Crippen molar-refractivity contribution in [1.29, 1.82) is 0 Å². The van der Waals surface area contributed by atoms with Crippen LogP contribution < -0.4 is 10.5 Å². The summed E-state index contributed by atoms with van der Waals surface area (Å²) in [6.07, 6.45) is 0. The first-order chi connectivity index (χ1) is 9.47. The lowest BCUT2D eigenvalue weighted by molar-refractivity contribution is 0.556. The summed E-state index contributed by atoms with van der Waals surface area (Å²) in [5.41, 5.74) is 6.50. The Morgan fingerprint density at radius 2 is 1.90 bits per heavy atom. The summed E-state index contributed by atoms with van der Waals surface area (Å²) in [5, 5.41) is 0.469. The summed E-state index contributed by atoms with van der Waals surface area (Å²) in [4.78, 5) is 0.127. The van der Waals surface area contributed by atoms with E-state index in [2.05, 4.69) is 4.40 Å². The molecule has 0 aliphatic carbocycles. The van der Waals surface area contributed by atoms with Crippen LogP contribution in [0.2, 0.25) is 5.02 Å². The lowest BCUT2D eigenvalue weighted by Gasteiger charge is -2.08. The highest BCUT2D eigenvalue weighted by Gasteiger charge is 2.30. The van der Waals surface area contributed by atoms with Crippen molar-refractivity contribution in [3.8, 4) is 5.75 Å². The summed E-state index contributed by atoms with van der Waals surface area (Å²) in [7, 11) is -3.70. The summed E-state index contributed by atoms with van der Waals surface area (Å²) in [6.45, 7) is 0. The quantitative estimate of drug-likeness (QED) is 0.820. The third-order valence-corrected chi connectivity index (χ3v) is 4.33. The maximum absolute atomic E-state index is 11.9. The predicted octanol–water partition coefficient (Wildman–Crippen LogP) is 2.45. The molecule has 5 nitrogen and oxygen atoms in total. The first-order valence-electron chi connectivity index (χ1n) is 5.64. The largest absolute Gasteiger partial charge is 0.435 e. The minimum absolute atomic E-state index is 0.00891. The van der Waals surface area contributed by atoms with Crippen LogP contribution in [-0.2, 0) is 10.0 Å². The second-order valence-corrected chi connectivity index (χ2v) is 6.16. The van der Waals surface area contributed by atoms with E-state index < -0.39 is 10.0 Å². The summed E-state index contributed by atoms with van der Waals surface area (Å²) >= 11 is 5.80. The third kappa shape index (κ3) is 2.13. The molecule has 0 fully saturated rings. The van der Waals surface area contributed by atoms with Gasteiger partial charge in [-0.25, -0.2) is 0 Å². The van der Waals surface area contributed by atoms with Crippen molar-refractivity contribution in [2.75, 3.05) is 5.73 Å². The molecule has 0 radical (unpaired) electrons. The Hall–Kier alpha value is -2.05. The van der Waals surface area contributed by atoms with Crippen LogP contribution in [-0.4, -0.2) is 14.3 Å². The van der Waals surface area contributed by atoms with Crippen molar-refractivity contribution in [1.82, 2.24) is 0 Å². The molecule has 0 amide bonds. The number of fused-ring (bicyclic) bond motifs is 1. The molecule has 1 aliphatic rings. The third-order valence-electron chi connectivity index (χ3n) is 2.78. The zero-order chi connectivity index (χ0) is 14.3. The number of hydrogen-bond acceptors (Lipinski definition) is 4. The first-order valence-corrected chi connectivity index (χ1v) is 7.46. The first kappa shape index (κ1) is 13.0. The SMILES string of the molecule is Nc1cc(Cl)ccc1OC1=NS(=O)(=O)c2ccccc21. The van der Waals surface area contributed by atoms with Crippen LogP contribution in [0, 0.1) is 0 Å². The van der Waals surface area contributed by atoms with Gasteiger partial charge in [0, 0.05) is 5.02 Å². The molecule has 0 saturated carbocycles. The number of halogens is 1. The summed E-state index contributed by atoms with van der Waals surface area (Å²) in [6, 6.07) is 11.1. The van der Waals surface area contributed by atoms with E-state index in [0.717, 1.165) is 0 Å². The topological polar surface area (TPSA) is 81.8 Å². The lowest BCUT2D eigenvalue weighted by atomic mass is 10.2. The van der Waals surface area contributed by atoms with Gasteiger partial charge >= 0.3 is 0 Å². The summed E-state index contributed by atoms with van der Waals surface area (Å²) in [5.74, 6) is 0.315. The number of anilines is 1. The zero-order valence-electron chi connectivity index (χ0n) is 10.1. The van der Waals surface area contributed by atoms with Crippen LogP contribution in [0.5, 0.6) is 5.75 Å². The fourth-order valence-electron chi connectivity index (χ4n) is 1.87. The van der Waals surface area contributed by atoms with Gasteiger partial charge in [-0.2, -0.15) is 8.42 Å². The van der Waals surface area contributed by atoms with Gasteiger partial charge in [-0.05, 0) is 30.3 Å². The number of ether oxygens (including phenoxy) is 1. The van der Waals surface area contributed by atoms with Gasteiger partial charge in [-0.15, -0.1) is 4.40 Å². The van der Waals surface area contributed by atoms with E-state index in [9.17, 15) is 8.42 Å². The van der Waals surface area contributed by atoms with E-state index >= 15 is 0 Å². The molecule has 0 unspecified atom stereocenters. The van der Waals surface area contributed by atoms with Gasteiger partial charge in [0.25, 0.3) is 10.0 Å². The Labute approximate surface area is 120 Å². The highest BCUT2D eigenvalue weighted by molar-refractivity contribution is 7.90. The van der Waals surface area contributed by atoms with E-state index in [0.29, 0.717) is 22.0 Å². The molecule has 102 valence electrons. The molecule has 1 aliphatic heterocycles. The van der Waals surface area contributed by atoms with Crippen LogP contribution >= 0.6 is 11.6 Å². The second-order valence-electron chi connectivity index (χ2n) is 4.15. The minimum atomic E-state index is -3.70. The fourth-order valence-corrected chi connectivity index (χ4v) is 3.18. The molecule has 2 N–H and O–H groups in total. The van der Waals surface area contributed by atoms with Crippen molar-refractivity contribution < 1.29 is 13.2 Å². The molecule has 2 aromatic carbocycles. The maximum Gasteiger partial charge on any atom is 0.286 e. The van der Waals surface area contributed by atoms with E-state index in [-0.39, 0.29) is 10.8 Å². The minimum Gasteiger partial charge on any atom is -0.435 e. The standard InChI is InChI=1S/C13H9ClN2O3S/c14-8-5-6-11(10(15)7-8)19-13-9-3-1-2-4-12(9)20(17,18)16-13/h1-7H,15H2. The van der Waals surface area contributed by atoms with Gasteiger partial charge in [-0.1, -0.05) is 23.7 Å². The average Bonchev–Trinajstić information content (AvgIpc) is 2.65. The fraction of sp³-hybridized carbons (Fsp3) is 0. The van der Waals surface area contributed by atoms with E-state index in [1.165, 1.54) is 12.1 Å². The van der Waals surface area contributed by atoms with Gasteiger partial charge in [0.1, 0.15) is 4.90 Å². The Kier molecular flexibility index (Phi) is 2.92. The van der Waals surface area contributed by atoms with E-state index in [1.54, 1.807) is 30.3 Å². The lowest BCUT2D eigenvalue weighted by Crippen LogP contribution is -2.09. The van der Waals surface area contributed by atoms with Crippen molar-refractivity contribution in [2.45, 2.75) is 4.90 Å². The number of benzene rings is 2. The van der Waals surface area contributed by atoms with E-state index in [1.807, 2.05) is 0 Å². The highest BCUT2D eigenvalue weighted by atomic mass is 35.5. The van der Waals surface area contributed by atoms with Crippen LogP contribution in [0.3, 0.4) is 0 Å². The van der Waals surface area contributed by atoms with E-state index in [4.69, 9.17) is 22.1 Å². The molecule has 0 saturated heterocycles. The number of nitrogens with two attached hydrogens (primary N) is 1. The molecule has 0 aromatic heterocycles. The Balaban J connectivity index is 2.05. The number of nitrogens with zero attached hydrogens (tertiary/aromatic N) is 1. The number of hydrogen-bond donors (Lipinski definition) is 1. The van der Waals surface area contributed by atoms with Gasteiger partial charge < -0.3 is 10.5 Å². The number of rotatable bonds is 1. The second kappa shape index (κ2) is 4.50. The molecule has 0 atom stereocenters. The zero-order valence-corrected chi connectivity index (χ0v) is 11.6. The Morgan fingerprint density at radius 1 is 1.15 bits per heavy atom. The molecular formula is C13H9ClN2O3S. The Morgan fingerprint density at radius 3 is 2.65 bits per heavy atom. The predicted molar refractivity (Wildman–Crippen MR) is 76.7 cm³/mol. The van der Waals surface area contributed by atoms with Crippen LogP contribution in [0.4, 0.5) is 5.69 Å². The number of sulfonamides is 1. The molecule has 7 heteroatoms. The van der Waals surface area contributed by atoms with Crippen molar-refractivity contribution in [3.63, 3.8) is 0 Å². The van der Waals surface area contributed by atoms with Gasteiger partial charge in [0.05, 0.1) is 11.3 Å².